The van der Waals surface area contributed by atoms with Gasteiger partial charge in [-0.1, -0.05) is 65.7 Å². The van der Waals surface area contributed by atoms with E-state index in [0.29, 0.717) is 22.0 Å². The minimum Gasteiger partial charge on any atom is -0.383 e. The number of aliphatic hydroxyl groups is 1. The standard InChI is InChI=1S/C17H15Cl2N3O/c18-15-8-4-7-14(16(15)19)17(23,10-22-11-20-21-12-22)9-13-5-2-1-3-6-13/h1-8,11-12,23H,9-10H2. The summed E-state index contributed by atoms with van der Waals surface area (Å²) in [6.07, 6.45) is 3.52. The highest BCUT2D eigenvalue weighted by molar-refractivity contribution is 6.42. The van der Waals surface area contributed by atoms with E-state index in [9.17, 15) is 5.11 Å². The third-order valence-electron chi connectivity index (χ3n) is 3.70. The van der Waals surface area contributed by atoms with Gasteiger partial charge in [0.15, 0.2) is 0 Å². The van der Waals surface area contributed by atoms with Crippen LogP contribution in [0.2, 0.25) is 10.0 Å². The van der Waals surface area contributed by atoms with Crippen LogP contribution in [0.4, 0.5) is 0 Å². The summed E-state index contributed by atoms with van der Waals surface area (Å²) in [7, 11) is 0. The number of nitrogens with zero attached hydrogens (tertiary/aromatic N) is 3. The smallest absolute Gasteiger partial charge is 0.119 e. The Balaban J connectivity index is 2.03. The topological polar surface area (TPSA) is 50.9 Å². The summed E-state index contributed by atoms with van der Waals surface area (Å²) in [6, 6.07) is 15.0. The highest BCUT2D eigenvalue weighted by Gasteiger charge is 2.33. The Labute approximate surface area is 144 Å². The molecule has 3 aromatic rings. The van der Waals surface area contributed by atoms with E-state index in [0.717, 1.165) is 5.56 Å². The molecule has 6 heteroatoms. The maximum absolute atomic E-state index is 11.4. The second-order valence-electron chi connectivity index (χ2n) is 5.43. The molecule has 23 heavy (non-hydrogen) atoms. The van der Waals surface area contributed by atoms with Crippen LogP contribution in [0, 0.1) is 0 Å². The lowest BCUT2D eigenvalue weighted by Crippen LogP contribution is -2.34. The molecule has 1 unspecified atom stereocenters. The zero-order valence-electron chi connectivity index (χ0n) is 12.2. The molecule has 0 saturated heterocycles. The van der Waals surface area contributed by atoms with Gasteiger partial charge in [-0.2, -0.15) is 0 Å². The van der Waals surface area contributed by atoms with E-state index in [2.05, 4.69) is 10.2 Å². The Kier molecular flexibility index (Phi) is 4.66. The average molecular weight is 348 g/mol. The van der Waals surface area contributed by atoms with Gasteiger partial charge in [0.2, 0.25) is 0 Å². The van der Waals surface area contributed by atoms with Crippen LogP contribution in [0.1, 0.15) is 11.1 Å². The molecular formula is C17H15Cl2N3O. The molecule has 2 aromatic carbocycles. The van der Waals surface area contributed by atoms with Crippen LogP contribution in [-0.4, -0.2) is 19.9 Å². The van der Waals surface area contributed by atoms with Gasteiger partial charge in [-0.3, -0.25) is 0 Å². The summed E-state index contributed by atoms with van der Waals surface area (Å²) in [5.74, 6) is 0. The van der Waals surface area contributed by atoms with Gasteiger partial charge in [0.1, 0.15) is 18.3 Å². The fraction of sp³-hybridized carbons (Fsp3) is 0.176. The maximum atomic E-state index is 11.4. The summed E-state index contributed by atoms with van der Waals surface area (Å²) in [5, 5.41) is 19.8. The van der Waals surface area contributed by atoms with E-state index in [1.807, 2.05) is 30.3 Å². The van der Waals surface area contributed by atoms with Crippen molar-refractivity contribution < 1.29 is 5.11 Å². The summed E-state index contributed by atoms with van der Waals surface area (Å²) in [6.45, 7) is 0.273. The molecule has 0 bridgehead atoms. The van der Waals surface area contributed by atoms with Crippen molar-refractivity contribution in [3.05, 3.63) is 82.4 Å². The summed E-state index contributed by atoms with van der Waals surface area (Å²) >= 11 is 12.5. The third kappa shape index (κ3) is 3.55. The summed E-state index contributed by atoms with van der Waals surface area (Å²) in [5.41, 5.74) is 0.356. The van der Waals surface area contributed by atoms with Crippen molar-refractivity contribution >= 4 is 23.2 Å². The molecule has 118 valence electrons. The van der Waals surface area contributed by atoms with Gasteiger partial charge in [-0.15, -0.1) is 10.2 Å². The van der Waals surface area contributed by atoms with Crippen LogP contribution in [0.25, 0.3) is 0 Å². The molecule has 3 rings (SSSR count). The molecule has 0 aliphatic rings. The van der Waals surface area contributed by atoms with Crippen LogP contribution in [0.3, 0.4) is 0 Å². The Morgan fingerprint density at radius 3 is 2.35 bits per heavy atom. The highest BCUT2D eigenvalue weighted by atomic mass is 35.5. The lowest BCUT2D eigenvalue weighted by molar-refractivity contribution is 0.0185. The predicted molar refractivity (Wildman–Crippen MR) is 90.5 cm³/mol. The van der Waals surface area contributed by atoms with Gasteiger partial charge in [0.05, 0.1) is 16.6 Å². The van der Waals surface area contributed by atoms with Gasteiger partial charge in [-0.25, -0.2) is 0 Å². The quantitative estimate of drug-likeness (QED) is 0.765. The Morgan fingerprint density at radius 2 is 1.65 bits per heavy atom. The van der Waals surface area contributed by atoms with Crippen molar-refractivity contribution in [3.8, 4) is 0 Å². The van der Waals surface area contributed by atoms with Gasteiger partial charge < -0.3 is 9.67 Å². The highest BCUT2D eigenvalue weighted by Crippen LogP contribution is 2.36. The second-order valence-corrected chi connectivity index (χ2v) is 6.21. The zero-order valence-corrected chi connectivity index (χ0v) is 13.7. The van der Waals surface area contributed by atoms with Crippen LogP contribution < -0.4 is 0 Å². The molecule has 0 aliphatic carbocycles. The number of benzene rings is 2. The molecule has 1 heterocycles. The molecule has 1 atom stereocenters. The summed E-state index contributed by atoms with van der Waals surface area (Å²) in [4.78, 5) is 0. The van der Waals surface area contributed by atoms with Crippen molar-refractivity contribution in [3.63, 3.8) is 0 Å². The van der Waals surface area contributed by atoms with E-state index in [1.165, 1.54) is 0 Å². The lowest BCUT2D eigenvalue weighted by Gasteiger charge is -2.30. The zero-order chi connectivity index (χ0) is 16.3. The third-order valence-corrected chi connectivity index (χ3v) is 4.52. The molecule has 1 N–H and O–H groups in total. The SMILES string of the molecule is OC(Cc1ccccc1)(Cn1cnnc1)c1cccc(Cl)c1Cl. The van der Waals surface area contributed by atoms with Crippen molar-refractivity contribution in [1.82, 2.24) is 14.8 Å². The molecule has 0 saturated carbocycles. The Morgan fingerprint density at radius 1 is 0.957 bits per heavy atom. The number of halogens is 2. The van der Waals surface area contributed by atoms with Gasteiger partial charge in [0.25, 0.3) is 0 Å². The molecule has 4 nitrogen and oxygen atoms in total. The average Bonchev–Trinajstić information content (AvgIpc) is 3.03. The monoisotopic (exact) mass is 347 g/mol. The minimum absolute atomic E-state index is 0.273. The molecule has 1 aromatic heterocycles. The molecule has 0 aliphatic heterocycles. The van der Waals surface area contributed by atoms with Gasteiger partial charge >= 0.3 is 0 Å². The first-order chi connectivity index (χ1) is 11.1. The minimum atomic E-state index is -1.23. The van der Waals surface area contributed by atoms with E-state index in [1.54, 1.807) is 35.4 Å². The molecule has 0 amide bonds. The van der Waals surface area contributed by atoms with Gasteiger partial charge in [0, 0.05) is 12.0 Å². The van der Waals surface area contributed by atoms with Gasteiger partial charge in [-0.05, 0) is 11.6 Å². The van der Waals surface area contributed by atoms with E-state index in [-0.39, 0.29) is 6.54 Å². The lowest BCUT2D eigenvalue weighted by atomic mass is 9.87. The first kappa shape index (κ1) is 16.0. The van der Waals surface area contributed by atoms with E-state index < -0.39 is 5.60 Å². The van der Waals surface area contributed by atoms with Crippen LogP contribution >= 0.6 is 23.2 Å². The largest absolute Gasteiger partial charge is 0.383 e. The Hall–Kier alpha value is -1.88. The molecular weight excluding hydrogens is 333 g/mol. The Bertz CT molecular complexity index is 778. The summed E-state index contributed by atoms with van der Waals surface area (Å²) < 4.78 is 1.72. The fourth-order valence-electron chi connectivity index (χ4n) is 2.64. The molecule has 0 spiro atoms. The first-order valence-corrected chi connectivity index (χ1v) is 7.87. The number of rotatable bonds is 5. The van der Waals surface area contributed by atoms with Crippen molar-refractivity contribution in [2.75, 3.05) is 0 Å². The van der Waals surface area contributed by atoms with Crippen LogP contribution in [0.5, 0.6) is 0 Å². The fourth-order valence-corrected chi connectivity index (χ4v) is 3.12. The van der Waals surface area contributed by atoms with Crippen molar-refractivity contribution in [1.29, 1.82) is 0 Å². The maximum Gasteiger partial charge on any atom is 0.119 e. The number of hydrogen-bond donors (Lipinski definition) is 1. The van der Waals surface area contributed by atoms with Crippen molar-refractivity contribution in [2.24, 2.45) is 0 Å². The number of hydrogen-bond acceptors (Lipinski definition) is 3. The van der Waals surface area contributed by atoms with Crippen molar-refractivity contribution in [2.45, 2.75) is 18.6 Å². The molecule has 0 fully saturated rings. The second kappa shape index (κ2) is 6.71. The normalized spacial score (nSPS) is 13.7. The predicted octanol–water partition coefficient (Wildman–Crippen LogP) is 3.72. The van der Waals surface area contributed by atoms with Crippen LogP contribution in [-0.2, 0) is 18.6 Å². The van der Waals surface area contributed by atoms with E-state index in [4.69, 9.17) is 23.2 Å². The first-order valence-electron chi connectivity index (χ1n) is 7.12. The van der Waals surface area contributed by atoms with Crippen LogP contribution in [0.15, 0.2) is 61.2 Å². The number of aromatic nitrogens is 3. The molecule has 0 radical (unpaired) electrons. The van der Waals surface area contributed by atoms with E-state index >= 15 is 0 Å².